The van der Waals surface area contributed by atoms with E-state index in [1.807, 2.05) is 55.6 Å². The third kappa shape index (κ3) is 3.83. The number of hydrogen-bond acceptors (Lipinski definition) is 2. The highest BCUT2D eigenvalue weighted by atomic mass is 32.1. The second kappa shape index (κ2) is 6.38. The van der Waals surface area contributed by atoms with E-state index in [0.29, 0.717) is 6.54 Å². The largest absolute Gasteiger partial charge is 0.334 e. The number of urea groups is 1. The van der Waals surface area contributed by atoms with Crippen molar-refractivity contribution in [2.45, 2.75) is 26.4 Å². The third-order valence-electron chi connectivity index (χ3n) is 3.02. The molecule has 100 valence electrons. The van der Waals surface area contributed by atoms with E-state index in [-0.39, 0.29) is 12.1 Å². The van der Waals surface area contributed by atoms with E-state index in [2.05, 4.69) is 10.6 Å². The van der Waals surface area contributed by atoms with Crippen LogP contribution in [-0.4, -0.2) is 6.03 Å². The number of amides is 2. The molecular formula is C15H18N2OS. The Labute approximate surface area is 117 Å². The predicted molar refractivity (Wildman–Crippen MR) is 79.3 cm³/mol. The van der Waals surface area contributed by atoms with Gasteiger partial charge >= 0.3 is 6.03 Å². The molecule has 0 saturated carbocycles. The molecule has 1 heterocycles. The molecule has 2 N–H and O–H groups in total. The van der Waals surface area contributed by atoms with Crippen molar-refractivity contribution in [3.63, 3.8) is 0 Å². The van der Waals surface area contributed by atoms with Gasteiger partial charge in [-0.1, -0.05) is 30.3 Å². The fourth-order valence-electron chi connectivity index (χ4n) is 1.84. The Kier molecular flexibility index (Phi) is 4.58. The Hall–Kier alpha value is -1.81. The fraction of sp³-hybridized carbons (Fsp3) is 0.267. The fourth-order valence-corrected chi connectivity index (χ4v) is 2.57. The summed E-state index contributed by atoms with van der Waals surface area (Å²) in [7, 11) is 0. The summed E-state index contributed by atoms with van der Waals surface area (Å²) in [6, 6.07) is 12.0. The summed E-state index contributed by atoms with van der Waals surface area (Å²) in [5.41, 5.74) is 2.33. The molecule has 2 rings (SSSR count). The lowest BCUT2D eigenvalue weighted by Crippen LogP contribution is -2.36. The Morgan fingerprint density at radius 3 is 2.74 bits per heavy atom. The zero-order chi connectivity index (χ0) is 13.7. The first-order valence-electron chi connectivity index (χ1n) is 6.29. The Morgan fingerprint density at radius 2 is 2.05 bits per heavy atom. The zero-order valence-electron chi connectivity index (χ0n) is 11.1. The summed E-state index contributed by atoms with van der Waals surface area (Å²) < 4.78 is 0. The number of carbonyl (C=O) groups excluding carboxylic acids is 1. The molecule has 0 aliphatic carbocycles. The quantitative estimate of drug-likeness (QED) is 0.878. The molecule has 0 aliphatic rings. The van der Waals surface area contributed by atoms with Crippen molar-refractivity contribution in [3.05, 3.63) is 57.8 Å². The maximum absolute atomic E-state index is 11.8. The van der Waals surface area contributed by atoms with Crippen LogP contribution in [0.1, 0.15) is 29.0 Å². The molecule has 0 aliphatic heterocycles. The van der Waals surface area contributed by atoms with Crippen molar-refractivity contribution < 1.29 is 4.79 Å². The van der Waals surface area contributed by atoms with Crippen LogP contribution in [-0.2, 0) is 6.54 Å². The standard InChI is InChI=1S/C15H18N2OS/c1-11-6-3-4-7-13(11)10-16-15(18)17-12(2)14-8-5-9-19-14/h3-9,12H,10H2,1-2H3,(H2,16,17,18). The summed E-state index contributed by atoms with van der Waals surface area (Å²) in [5, 5.41) is 7.83. The van der Waals surface area contributed by atoms with Crippen molar-refractivity contribution >= 4 is 17.4 Å². The number of thiophene rings is 1. The van der Waals surface area contributed by atoms with Gasteiger partial charge in [0.05, 0.1) is 6.04 Å². The lowest BCUT2D eigenvalue weighted by molar-refractivity contribution is 0.237. The van der Waals surface area contributed by atoms with Crippen LogP contribution in [0, 0.1) is 6.92 Å². The van der Waals surface area contributed by atoms with Crippen LogP contribution in [0.4, 0.5) is 4.79 Å². The molecule has 0 bridgehead atoms. The first-order valence-corrected chi connectivity index (χ1v) is 7.17. The van der Waals surface area contributed by atoms with Gasteiger partial charge in [-0.05, 0) is 36.4 Å². The van der Waals surface area contributed by atoms with Crippen LogP contribution in [0.25, 0.3) is 0 Å². The van der Waals surface area contributed by atoms with E-state index >= 15 is 0 Å². The van der Waals surface area contributed by atoms with E-state index in [9.17, 15) is 4.79 Å². The van der Waals surface area contributed by atoms with Crippen molar-refractivity contribution in [1.29, 1.82) is 0 Å². The highest BCUT2D eigenvalue weighted by Gasteiger charge is 2.09. The van der Waals surface area contributed by atoms with Gasteiger partial charge in [0, 0.05) is 11.4 Å². The smallest absolute Gasteiger partial charge is 0.315 e. The monoisotopic (exact) mass is 274 g/mol. The summed E-state index contributed by atoms with van der Waals surface area (Å²) in [6.45, 7) is 4.58. The molecule has 1 atom stereocenters. The summed E-state index contributed by atoms with van der Waals surface area (Å²) in [4.78, 5) is 13.0. The average Bonchev–Trinajstić information content (AvgIpc) is 2.91. The van der Waals surface area contributed by atoms with E-state index < -0.39 is 0 Å². The number of nitrogens with one attached hydrogen (secondary N) is 2. The molecule has 0 saturated heterocycles. The SMILES string of the molecule is Cc1ccccc1CNC(=O)NC(C)c1cccs1. The first-order chi connectivity index (χ1) is 9.16. The minimum Gasteiger partial charge on any atom is -0.334 e. The van der Waals surface area contributed by atoms with Crippen molar-refractivity contribution in [2.24, 2.45) is 0 Å². The highest BCUT2D eigenvalue weighted by molar-refractivity contribution is 7.10. The lowest BCUT2D eigenvalue weighted by atomic mass is 10.1. The molecule has 2 aromatic rings. The van der Waals surface area contributed by atoms with Gasteiger partial charge in [0.1, 0.15) is 0 Å². The van der Waals surface area contributed by atoms with Crippen molar-refractivity contribution in [1.82, 2.24) is 10.6 Å². The predicted octanol–water partition coefficient (Wildman–Crippen LogP) is 3.62. The van der Waals surface area contributed by atoms with Crippen LogP contribution >= 0.6 is 11.3 Å². The third-order valence-corrected chi connectivity index (χ3v) is 4.07. The van der Waals surface area contributed by atoms with Gasteiger partial charge in [0.25, 0.3) is 0 Å². The Balaban J connectivity index is 1.84. The molecule has 1 unspecified atom stereocenters. The van der Waals surface area contributed by atoms with Crippen molar-refractivity contribution in [3.8, 4) is 0 Å². The second-order valence-corrected chi connectivity index (χ2v) is 5.47. The maximum atomic E-state index is 11.8. The summed E-state index contributed by atoms with van der Waals surface area (Å²) in [5.74, 6) is 0. The van der Waals surface area contributed by atoms with Crippen LogP contribution < -0.4 is 10.6 Å². The summed E-state index contributed by atoms with van der Waals surface area (Å²) >= 11 is 1.65. The maximum Gasteiger partial charge on any atom is 0.315 e. The van der Waals surface area contributed by atoms with Crippen LogP contribution in [0.2, 0.25) is 0 Å². The normalized spacial score (nSPS) is 11.9. The van der Waals surface area contributed by atoms with Gasteiger partial charge in [-0.2, -0.15) is 0 Å². The number of benzene rings is 1. The molecule has 1 aromatic heterocycles. The van der Waals surface area contributed by atoms with E-state index in [0.717, 1.165) is 10.4 Å². The molecule has 19 heavy (non-hydrogen) atoms. The van der Waals surface area contributed by atoms with Gasteiger partial charge in [0.15, 0.2) is 0 Å². The van der Waals surface area contributed by atoms with Gasteiger partial charge < -0.3 is 10.6 Å². The average molecular weight is 274 g/mol. The second-order valence-electron chi connectivity index (χ2n) is 4.49. The number of aryl methyl sites for hydroxylation is 1. The van der Waals surface area contributed by atoms with Gasteiger partial charge in [-0.3, -0.25) is 0 Å². The molecule has 2 amide bonds. The van der Waals surface area contributed by atoms with Crippen LogP contribution in [0.5, 0.6) is 0 Å². The Morgan fingerprint density at radius 1 is 1.26 bits per heavy atom. The first kappa shape index (κ1) is 13.6. The zero-order valence-corrected chi connectivity index (χ0v) is 12.0. The lowest BCUT2D eigenvalue weighted by Gasteiger charge is -2.13. The van der Waals surface area contributed by atoms with E-state index in [1.165, 1.54) is 5.56 Å². The van der Waals surface area contributed by atoms with Crippen LogP contribution in [0.15, 0.2) is 41.8 Å². The number of carbonyl (C=O) groups is 1. The van der Waals surface area contributed by atoms with E-state index in [4.69, 9.17) is 0 Å². The molecule has 0 radical (unpaired) electrons. The highest BCUT2D eigenvalue weighted by Crippen LogP contribution is 2.17. The Bertz CT molecular complexity index is 537. The minimum absolute atomic E-state index is 0.0388. The van der Waals surface area contributed by atoms with Gasteiger partial charge in [-0.25, -0.2) is 4.79 Å². The molecule has 0 spiro atoms. The van der Waals surface area contributed by atoms with Gasteiger partial charge in [0.2, 0.25) is 0 Å². The molecule has 4 heteroatoms. The van der Waals surface area contributed by atoms with Gasteiger partial charge in [-0.15, -0.1) is 11.3 Å². The molecule has 3 nitrogen and oxygen atoms in total. The molecular weight excluding hydrogens is 256 g/mol. The van der Waals surface area contributed by atoms with Crippen LogP contribution in [0.3, 0.4) is 0 Å². The van der Waals surface area contributed by atoms with Crippen molar-refractivity contribution in [2.75, 3.05) is 0 Å². The topological polar surface area (TPSA) is 41.1 Å². The molecule has 0 fully saturated rings. The molecule has 1 aromatic carbocycles. The minimum atomic E-state index is -0.135. The summed E-state index contributed by atoms with van der Waals surface area (Å²) in [6.07, 6.45) is 0. The number of rotatable bonds is 4. The van der Waals surface area contributed by atoms with E-state index in [1.54, 1.807) is 11.3 Å². The number of hydrogen-bond donors (Lipinski definition) is 2.